The highest BCUT2D eigenvalue weighted by Gasteiger charge is 2.39. The van der Waals surface area contributed by atoms with Crippen LogP contribution < -0.4 is 5.73 Å². The van der Waals surface area contributed by atoms with Gasteiger partial charge in [-0.3, -0.25) is 0 Å². The lowest BCUT2D eigenvalue weighted by molar-refractivity contribution is -0.206. The molecule has 2 nitrogen and oxygen atoms in total. The van der Waals surface area contributed by atoms with Crippen molar-refractivity contribution in [1.29, 1.82) is 0 Å². The lowest BCUT2D eigenvalue weighted by atomic mass is 10.1. The predicted octanol–water partition coefficient (Wildman–Crippen LogP) is 2.16. The van der Waals surface area contributed by atoms with E-state index in [4.69, 9.17) is 10.8 Å². The van der Waals surface area contributed by atoms with Gasteiger partial charge in [0.15, 0.2) is 6.10 Å². The molecule has 0 aromatic heterocycles. The smallest absolute Gasteiger partial charge is 0.379 e. The third kappa shape index (κ3) is 3.70. The molecule has 1 unspecified atom stereocenters. The van der Waals surface area contributed by atoms with E-state index < -0.39 is 12.3 Å². The van der Waals surface area contributed by atoms with Gasteiger partial charge in [0, 0.05) is 6.54 Å². The van der Waals surface area contributed by atoms with Gasteiger partial charge >= 0.3 is 6.18 Å². The fourth-order valence-corrected chi connectivity index (χ4v) is 1.02. The molecular formula is C9H11ClF3NO. The van der Waals surface area contributed by atoms with Gasteiger partial charge in [-0.1, -0.05) is 24.3 Å². The molecule has 1 rings (SSSR count). The van der Waals surface area contributed by atoms with Crippen LogP contribution in [0.25, 0.3) is 0 Å². The molecule has 3 N–H and O–H groups in total. The minimum Gasteiger partial charge on any atom is -0.379 e. The molecular weight excluding hydrogens is 231 g/mol. The van der Waals surface area contributed by atoms with E-state index in [2.05, 4.69) is 0 Å². The molecule has 0 saturated carbocycles. The van der Waals surface area contributed by atoms with Gasteiger partial charge in [-0.2, -0.15) is 13.2 Å². The highest BCUT2D eigenvalue weighted by molar-refractivity contribution is 5.85. The highest BCUT2D eigenvalue weighted by Crippen LogP contribution is 2.32. The van der Waals surface area contributed by atoms with Crippen molar-refractivity contribution in [2.75, 3.05) is 0 Å². The zero-order chi connectivity index (χ0) is 10.8. The number of alkyl halides is 3. The van der Waals surface area contributed by atoms with Crippen LogP contribution in [-0.2, 0) is 6.54 Å². The van der Waals surface area contributed by atoms with Crippen molar-refractivity contribution < 1.29 is 18.3 Å². The molecule has 1 aromatic rings. The zero-order valence-corrected chi connectivity index (χ0v) is 8.48. The van der Waals surface area contributed by atoms with E-state index in [1.165, 1.54) is 24.3 Å². The van der Waals surface area contributed by atoms with Crippen LogP contribution in [0.15, 0.2) is 24.3 Å². The minimum atomic E-state index is -4.62. The van der Waals surface area contributed by atoms with Crippen LogP contribution in [0.5, 0.6) is 0 Å². The van der Waals surface area contributed by atoms with E-state index >= 15 is 0 Å². The van der Waals surface area contributed by atoms with Gasteiger partial charge in [0.25, 0.3) is 0 Å². The average Bonchev–Trinajstić information content (AvgIpc) is 2.15. The van der Waals surface area contributed by atoms with Crippen molar-refractivity contribution in [2.45, 2.75) is 18.8 Å². The topological polar surface area (TPSA) is 46.2 Å². The number of hydrogen-bond donors (Lipinski definition) is 2. The number of hydrogen-bond acceptors (Lipinski definition) is 2. The first-order valence-electron chi connectivity index (χ1n) is 3.99. The van der Waals surface area contributed by atoms with E-state index in [0.717, 1.165) is 5.56 Å². The zero-order valence-electron chi connectivity index (χ0n) is 7.66. The minimum absolute atomic E-state index is 0. The Labute approximate surface area is 91.3 Å². The summed E-state index contributed by atoms with van der Waals surface area (Å²) in [5.41, 5.74) is 5.83. The number of aliphatic hydroxyl groups excluding tert-OH is 1. The van der Waals surface area contributed by atoms with Crippen molar-refractivity contribution in [3.63, 3.8) is 0 Å². The van der Waals surface area contributed by atoms with Crippen molar-refractivity contribution in [3.05, 3.63) is 35.4 Å². The standard InChI is InChI=1S/C9H10F3NO.ClH/c10-9(11,12)8(14)7-3-1-6(5-13)2-4-7;/h1-4,8,14H,5,13H2;1H. The summed E-state index contributed by atoms with van der Waals surface area (Å²) in [5, 5.41) is 8.86. The summed E-state index contributed by atoms with van der Waals surface area (Å²) in [7, 11) is 0. The molecule has 0 aliphatic rings. The van der Waals surface area contributed by atoms with E-state index in [1.807, 2.05) is 0 Å². The van der Waals surface area contributed by atoms with E-state index in [1.54, 1.807) is 0 Å². The summed E-state index contributed by atoms with van der Waals surface area (Å²) < 4.78 is 36.1. The molecule has 0 bridgehead atoms. The second-order valence-electron chi connectivity index (χ2n) is 2.89. The van der Waals surface area contributed by atoms with Crippen LogP contribution >= 0.6 is 12.4 Å². The largest absolute Gasteiger partial charge is 0.418 e. The molecule has 0 spiro atoms. The number of rotatable bonds is 2. The van der Waals surface area contributed by atoms with Crippen molar-refractivity contribution in [1.82, 2.24) is 0 Å². The molecule has 6 heteroatoms. The van der Waals surface area contributed by atoms with Gasteiger partial charge in [-0.15, -0.1) is 12.4 Å². The van der Waals surface area contributed by atoms with Gasteiger partial charge < -0.3 is 10.8 Å². The summed E-state index contributed by atoms with van der Waals surface area (Å²) in [6, 6.07) is 5.37. The third-order valence-electron chi connectivity index (χ3n) is 1.84. The average molecular weight is 242 g/mol. The Bertz CT molecular complexity index is 299. The number of nitrogens with two attached hydrogens (primary N) is 1. The molecule has 0 saturated heterocycles. The maximum Gasteiger partial charge on any atom is 0.418 e. The Kier molecular flexibility index (Phi) is 5.07. The second kappa shape index (κ2) is 5.34. The van der Waals surface area contributed by atoms with Crippen LogP contribution in [0.3, 0.4) is 0 Å². The van der Waals surface area contributed by atoms with Crippen molar-refractivity contribution >= 4 is 12.4 Å². The van der Waals surface area contributed by atoms with Gasteiger partial charge in [-0.25, -0.2) is 0 Å². The fraction of sp³-hybridized carbons (Fsp3) is 0.333. The summed E-state index contributed by atoms with van der Waals surface area (Å²) in [6.07, 6.45) is -7.04. The molecule has 0 aliphatic heterocycles. The summed E-state index contributed by atoms with van der Waals surface area (Å²) in [4.78, 5) is 0. The molecule has 0 heterocycles. The van der Waals surface area contributed by atoms with Crippen molar-refractivity contribution in [2.24, 2.45) is 5.73 Å². The Morgan fingerprint density at radius 1 is 1.20 bits per heavy atom. The monoisotopic (exact) mass is 241 g/mol. The first kappa shape index (κ1) is 14.2. The van der Waals surface area contributed by atoms with Crippen LogP contribution in [-0.4, -0.2) is 11.3 Å². The fourth-order valence-electron chi connectivity index (χ4n) is 1.02. The van der Waals surface area contributed by atoms with E-state index in [-0.39, 0.29) is 24.5 Å². The van der Waals surface area contributed by atoms with Crippen molar-refractivity contribution in [3.8, 4) is 0 Å². The van der Waals surface area contributed by atoms with Crippen LogP contribution in [0.4, 0.5) is 13.2 Å². The second-order valence-corrected chi connectivity index (χ2v) is 2.89. The first-order chi connectivity index (χ1) is 6.45. The Balaban J connectivity index is 0.00000196. The summed E-state index contributed by atoms with van der Waals surface area (Å²) in [6.45, 7) is 0.266. The molecule has 86 valence electrons. The van der Waals surface area contributed by atoms with Gasteiger partial charge in [0.2, 0.25) is 0 Å². The summed E-state index contributed by atoms with van der Waals surface area (Å²) in [5.74, 6) is 0. The van der Waals surface area contributed by atoms with E-state index in [0.29, 0.717) is 0 Å². The SMILES string of the molecule is Cl.NCc1ccc(C(O)C(F)(F)F)cc1. The molecule has 15 heavy (non-hydrogen) atoms. The molecule has 0 fully saturated rings. The number of halogens is 4. The van der Waals surface area contributed by atoms with Gasteiger partial charge in [0.05, 0.1) is 0 Å². The first-order valence-corrected chi connectivity index (χ1v) is 3.99. The third-order valence-corrected chi connectivity index (χ3v) is 1.84. The van der Waals surface area contributed by atoms with Crippen LogP contribution in [0.1, 0.15) is 17.2 Å². The predicted molar refractivity (Wildman–Crippen MR) is 52.6 cm³/mol. The summed E-state index contributed by atoms with van der Waals surface area (Å²) >= 11 is 0. The molecule has 1 atom stereocenters. The molecule has 0 amide bonds. The van der Waals surface area contributed by atoms with Gasteiger partial charge in [-0.05, 0) is 11.1 Å². The number of aliphatic hydroxyl groups is 1. The molecule has 1 aromatic carbocycles. The maximum absolute atomic E-state index is 12.0. The van der Waals surface area contributed by atoms with Gasteiger partial charge in [0.1, 0.15) is 0 Å². The van der Waals surface area contributed by atoms with E-state index in [9.17, 15) is 13.2 Å². The lowest BCUT2D eigenvalue weighted by Gasteiger charge is -2.14. The lowest BCUT2D eigenvalue weighted by Crippen LogP contribution is -2.20. The molecule has 0 radical (unpaired) electrons. The van der Waals surface area contributed by atoms with Crippen LogP contribution in [0.2, 0.25) is 0 Å². The Morgan fingerprint density at radius 3 is 2.00 bits per heavy atom. The Hall–Kier alpha value is -0.780. The Morgan fingerprint density at radius 2 is 1.67 bits per heavy atom. The normalized spacial score (nSPS) is 13.1. The van der Waals surface area contributed by atoms with Crippen LogP contribution in [0, 0.1) is 0 Å². The molecule has 0 aliphatic carbocycles. The maximum atomic E-state index is 12.0. The quantitative estimate of drug-likeness (QED) is 0.834. The highest BCUT2D eigenvalue weighted by atomic mass is 35.5. The number of benzene rings is 1.